The summed E-state index contributed by atoms with van der Waals surface area (Å²) in [5, 5.41) is 12.3. The monoisotopic (exact) mass is 315 g/mol. The summed E-state index contributed by atoms with van der Waals surface area (Å²) in [6.07, 6.45) is 1.61. The predicted molar refractivity (Wildman–Crippen MR) is 76.7 cm³/mol. The van der Waals surface area contributed by atoms with E-state index in [1.165, 1.54) is 0 Å². The van der Waals surface area contributed by atoms with Gasteiger partial charge in [-0.3, -0.25) is 0 Å². The van der Waals surface area contributed by atoms with Crippen molar-refractivity contribution < 1.29 is 0 Å². The van der Waals surface area contributed by atoms with Crippen LogP contribution in [0.2, 0.25) is 0 Å². The summed E-state index contributed by atoms with van der Waals surface area (Å²) in [6.45, 7) is 0. The van der Waals surface area contributed by atoms with E-state index in [9.17, 15) is 0 Å². The van der Waals surface area contributed by atoms with E-state index in [1.807, 2.05) is 36.4 Å². The van der Waals surface area contributed by atoms with Crippen LogP contribution < -0.4 is 5.73 Å². The van der Waals surface area contributed by atoms with Gasteiger partial charge in [0, 0.05) is 22.3 Å². The Morgan fingerprint density at radius 3 is 2.58 bits per heavy atom. The van der Waals surface area contributed by atoms with Crippen LogP contribution in [0.3, 0.4) is 0 Å². The van der Waals surface area contributed by atoms with E-state index in [2.05, 4.69) is 31.2 Å². The van der Waals surface area contributed by atoms with Gasteiger partial charge in [0.1, 0.15) is 5.82 Å². The SMILES string of the molecule is Nc1cc(-c2ccc(Br)cc2)nn1-c1cccnn1. The van der Waals surface area contributed by atoms with Gasteiger partial charge in [-0.1, -0.05) is 28.1 Å². The van der Waals surface area contributed by atoms with Crippen molar-refractivity contribution in [3.05, 3.63) is 53.1 Å². The van der Waals surface area contributed by atoms with Crippen molar-refractivity contribution in [1.82, 2.24) is 20.0 Å². The number of anilines is 1. The number of hydrogen-bond acceptors (Lipinski definition) is 4. The summed E-state index contributed by atoms with van der Waals surface area (Å²) < 4.78 is 2.60. The summed E-state index contributed by atoms with van der Waals surface area (Å²) in [7, 11) is 0. The first-order valence-corrected chi connectivity index (χ1v) is 6.43. The van der Waals surface area contributed by atoms with Crippen molar-refractivity contribution >= 4 is 21.7 Å². The molecule has 0 amide bonds. The van der Waals surface area contributed by atoms with Crippen LogP contribution in [0, 0.1) is 0 Å². The van der Waals surface area contributed by atoms with Gasteiger partial charge in [-0.2, -0.15) is 14.9 Å². The second kappa shape index (κ2) is 4.81. The van der Waals surface area contributed by atoms with Gasteiger partial charge in [0.25, 0.3) is 0 Å². The van der Waals surface area contributed by atoms with Crippen molar-refractivity contribution in [3.63, 3.8) is 0 Å². The minimum Gasteiger partial charge on any atom is -0.384 e. The summed E-state index contributed by atoms with van der Waals surface area (Å²) in [5.74, 6) is 1.13. The predicted octanol–water partition coefficient (Wildman–Crippen LogP) is 2.67. The normalized spacial score (nSPS) is 10.6. The van der Waals surface area contributed by atoms with Crippen molar-refractivity contribution in [1.29, 1.82) is 0 Å². The van der Waals surface area contributed by atoms with Gasteiger partial charge < -0.3 is 5.73 Å². The van der Waals surface area contributed by atoms with Crippen LogP contribution >= 0.6 is 15.9 Å². The largest absolute Gasteiger partial charge is 0.384 e. The smallest absolute Gasteiger partial charge is 0.177 e. The summed E-state index contributed by atoms with van der Waals surface area (Å²) in [5.41, 5.74) is 7.76. The van der Waals surface area contributed by atoms with Crippen LogP contribution in [-0.4, -0.2) is 20.0 Å². The molecule has 0 unspecified atom stereocenters. The lowest BCUT2D eigenvalue weighted by atomic mass is 10.2. The Hall–Kier alpha value is -2.21. The molecule has 0 atom stereocenters. The third-order valence-corrected chi connectivity index (χ3v) is 3.18. The first kappa shape index (κ1) is 11.9. The number of nitrogens with zero attached hydrogens (tertiary/aromatic N) is 4. The molecule has 0 fully saturated rings. The average Bonchev–Trinajstić information content (AvgIpc) is 2.83. The molecule has 94 valence electrons. The van der Waals surface area contributed by atoms with Gasteiger partial charge in [0.2, 0.25) is 0 Å². The maximum Gasteiger partial charge on any atom is 0.177 e. The number of hydrogen-bond donors (Lipinski definition) is 1. The third-order valence-electron chi connectivity index (χ3n) is 2.65. The topological polar surface area (TPSA) is 69.6 Å². The van der Waals surface area contributed by atoms with Crippen LogP contribution in [0.4, 0.5) is 5.82 Å². The van der Waals surface area contributed by atoms with Gasteiger partial charge in [0.15, 0.2) is 5.82 Å². The molecule has 0 aliphatic carbocycles. The fourth-order valence-electron chi connectivity index (χ4n) is 1.75. The van der Waals surface area contributed by atoms with E-state index in [-0.39, 0.29) is 0 Å². The van der Waals surface area contributed by atoms with E-state index >= 15 is 0 Å². The molecule has 19 heavy (non-hydrogen) atoms. The Labute approximate surface area is 118 Å². The van der Waals surface area contributed by atoms with E-state index in [1.54, 1.807) is 16.9 Å². The zero-order valence-electron chi connectivity index (χ0n) is 9.86. The number of rotatable bonds is 2. The zero-order chi connectivity index (χ0) is 13.2. The van der Waals surface area contributed by atoms with Crippen LogP contribution in [0.1, 0.15) is 0 Å². The van der Waals surface area contributed by atoms with Gasteiger partial charge in [-0.15, -0.1) is 5.10 Å². The molecular weight excluding hydrogens is 306 g/mol. The summed E-state index contributed by atoms with van der Waals surface area (Å²) in [4.78, 5) is 0. The molecule has 6 heteroatoms. The van der Waals surface area contributed by atoms with Gasteiger partial charge in [-0.25, -0.2) is 0 Å². The number of aromatic nitrogens is 4. The lowest BCUT2D eigenvalue weighted by Gasteiger charge is -2.00. The fourth-order valence-corrected chi connectivity index (χ4v) is 2.01. The van der Waals surface area contributed by atoms with E-state index in [0.29, 0.717) is 11.6 Å². The Morgan fingerprint density at radius 2 is 1.89 bits per heavy atom. The number of halogens is 1. The maximum absolute atomic E-state index is 5.96. The third kappa shape index (κ3) is 2.34. The lowest BCUT2D eigenvalue weighted by molar-refractivity contribution is 0.825. The standard InChI is InChI=1S/C13H10BrN5/c14-10-5-3-9(4-6-10)11-8-12(15)19(18-11)13-2-1-7-16-17-13/h1-8H,15H2. The molecule has 5 nitrogen and oxygen atoms in total. The average molecular weight is 316 g/mol. The molecule has 1 aromatic carbocycles. The van der Waals surface area contributed by atoms with Crippen molar-refractivity contribution in [3.8, 4) is 17.1 Å². The Balaban J connectivity index is 2.04. The Kier molecular flexibility index (Phi) is 3.00. The zero-order valence-corrected chi connectivity index (χ0v) is 11.4. The molecule has 0 aliphatic rings. The molecular formula is C13H10BrN5. The number of nitrogen functional groups attached to an aromatic ring is 1. The fraction of sp³-hybridized carbons (Fsp3) is 0. The molecule has 0 saturated carbocycles. The molecule has 3 aromatic rings. The summed E-state index contributed by atoms with van der Waals surface area (Å²) >= 11 is 3.41. The number of benzene rings is 1. The van der Waals surface area contributed by atoms with Crippen molar-refractivity contribution in [2.24, 2.45) is 0 Å². The lowest BCUT2D eigenvalue weighted by Crippen LogP contribution is -2.04. The molecule has 0 bridgehead atoms. The Morgan fingerprint density at radius 1 is 1.11 bits per heavy atom. The maximum atomic E-state index is 5.96. The second-order valence-electron chi connectivity index (χ2n) is 3.95. The number of nitrogens with two attached hydrogens (primary N) is 1. The van der Waals surface area contributed by atoms with Crippen LogP contribution in [-0.2, 0) is 0 Å². The minimum atomic E-state index is 0.526. The van der Waals surface area contributed by atoms with Gasteiger partial charge >= 0.3 is 0 Å². The molecule has 3 rings (SSSR count). The first-order valence-electron chi connectivity index (χ1n) is 5.63. The van der Waals surface area contributed by atoms with E-state index < -0.39 is 0 Å². The van der Waals surface area contributed by atoms with Crippen LogP contribution in [0.5, 0.6) is 0 Å². The minimum absolute atomic E-state index is 0.526. The highest BCUT2D eigenvalue weighted by Gasteiger charge is 2.09. The highest BCUT2D eigenvalue weighted by molar-refractivity contribution is 9.10. The first-order chi connectivity index (χ1) is 9.24. The molecule has 2 N–H and O–H groups in total. The van der Waals surface area contributed by atoms with Crippen molar-refractivity contribution in [2.45, 2.75) is 0 Å². The Bertz CT molecular complexity index is 691. The van der Waals surface area contributed by atoms with E-state index in [4.69, 9.17) is 5.73 Å². The molecule has 2 heterocycles. The quantitative estimate of drug-likeness (QED) is 0.789. The van der Waals surface area contributed by atoms with Gasteiger partial charge in [0.05, 0.1) is 5.69 Å². The van der Waals surface area contributed by atoms with Crippen LogP contribution in [0.15, 0.2) is 53.1 Å². The van der Waals surface area contributed by atoms with Crippen molar-refractivity contribution in [2.75, 3.05) is 5.73 Å². The van der Waals surface area contributed by atoms with Gasteiger partial charge in [-0.05, 0) is 24.3 Å². The van der Waals surface area contributed by atoms with E-state index in [0.717, 1.165) is 15.7 Å². The molecule has 0 aliphatic heterocycles. The van der Waals surface area contributed by atoms with Crippen LogP contribution in [0.25, 0.3) is 17.1 Å². The molecule has 2 aromatic heterocycles. The molecule has 0 saturated heterocycles. The highest BCUT2D eigenvalue weighted by atomic mass is 79.9. The summed E-state index contributed by atoms with van der Waals surface area (Å²) in [6, 6.07) is 13.3. The molecule has 0 radical (unpaired) electrons. The second-order valence-corrected chi connectivity index (χ2v) is 4.87. The highest BCUT2D eigenvalue weighted by Crippen LogP contribution is 2.23. The molecule has 0 spiro atoms.